The Balaban J connectivity index is 2.78. The first-order chi connectivity index (χ1) is 6.35. The highest BCUT2D eigenvalue weighted by Gasteiger charge is 2.36. The fourth-order valence-electron chi connectivity index (χ4n) is 1.32. The third-order valence-corrected chi connectivity index (χ3v) is 3.72. The molecule has 0 saturated carbocycles. The zero-order valence-electron chi connectivity index (χ0n) is 7.61. The van der Waals surface area contributed by atoms with E-state index < -0.39 is 21.7 Å². The molecule has 4 nitrogen and oxygen atoms in total. The van der Waals surface area contributed by atoms with Crippen molar-refractivity contribution in [1.82, 2.24) is 4.31 Å². The summed E-state index contributed by atoms with van der Waals surface area (Å²) in [4.78, 5) is 11.0. The molecule has 0 spiro atoms. The number of alkyl halides is 2. The Labute approximate surface area is 80.9 Å². The molecule has 0 bridgehead atoms. The summed E-state index contributed by atoms with van der Waals surface area (Å²) >= 11 is 0. The van der Waals surface area contributed by atoms with E-state index in [1.807, 2.05) is 0 Å². The van der Waals surface area contributed by atoms with E-state index in [1.54, 1.807) is 0 Å². The van der Waals surface area contributed by atoms with Crippen LogP contribution in [0, 0.1) is 5.92 Å². The maximum atomic E-state index is 12.1. The molecule has 1 saturated heterocycles. The van der Waals surface area contributed by atoms with Crippen LogP contribution in [-0.2, 0) is 14.8 Å². The number of carbonyl (C=O) groups excluding carboxylic acids is 1. The van der Waals surface area contributed by atoms with Crippen molar-refractivity contribution in [2.45, 2.75) is 19.1 Å². The number of sulfonamides is 1. The first-order valence-electron chi connectivity index (χ1n) is 4.15. The van der Waals surface area contributed by atoms with Crippen molar-refractivity contribution in [1.29, 1.82) is 0 Å². The van der Waals surface area contributed by atoms with E-state index in [0.29, 0.717) is 4.31 Å². The largest absolute Gasteiger partial charge is 0.350 e. The smallest absolute Gasteiger partial charge is 0.299 e. The van der Waals surface area contributed by atoms with Crippen LogP contribution in [0.15, 0.2) is 0 Å². The molecule has 1 atom stereocenters. The van der Waals surface area contributed by atoms with Gasteiger partial charge in [0.05, 0.1) is 0 Å². The molecule has 1 aliphatic rings. The standard InChI is InChI=1S/C7H11F2NO3S/c1-5-4-10(3-2-6(5)11)14(12,13)7(8)9/h5,7H,2-4H2,1H3. The quantitative estimate of drug-likeness (QED) is 0.688. The monoisotopic (exact) mass is 227 g/mol. The topological polar surface area (TPSA) is 54.5 Å². The molecule has 0 aromatic carbocycles. The number of piperidine rings is 1. The number of halogens is 2. The van der Waals surface area contributed by atoms with Crippen LogP contribution in [0.4, 0.5) is 8.78 Å². The van der Waals surface area contributed by atoms with Crippen LogP contribution in [0.1, 0.15) is 13.3 Å². The number of hydrogen-bond acceptors (Lipinski definition) is 3. The Morgan fingerprint density at radius 2 is 2.07 bits per heavy atom. The van der Waals surface area contributed by atoms with Crippen LogP contribution in [0.5, 0.6) is 0 Å². The molecule has 0 aromatic rings. The van der Waals surface area contributed by atoms with E-state index in [4.69, 9.17) is 0 Å². The lowest BCUT2D eigenvalue weighted by molar-refractivity contribution is -0.124. The second kappa shape index (κ2) is 3.90. The summed E-state index contributed by atoms with van der Waals surface area (Å²) in [5.74, 6) is -3.97. The van der Waals surface area contributed by atoms with Gasteiger partial charge >= 0.3 is 5.76 Å². The highest BCUT2D eigenvalue weighted by molar-refractivity contribution is 7.89. The molecule has 1 heterocycles. The molecule has 0 amide bonds. The highest BCUT2D eigenvalue weighted by Crippen LogP contribution is 2.19. The van der Waals surface area contributed by atoms with E-state index in [-0.39, 0.29) is 25.3 Å². The van der Waals surface area contributed by atoms with Crippen molar-refractivity contribution in [3.8, 4) is 0 Å². The minimum Gasteiger partial charge on any atom is -0.299 e. The molecule has 0 aliphatic carbocycles. The van der Waals surface area contributed by atoms with Crippen molar-refractivity contribution < 1.29 is 22.0 Å². The van der Waals surface area contributed by atoms with Gasteiger partial charge in [-0.1, -0.05) is 6.92 Å². The molecule has 7 heteroatoms. The van der Waals surface area contributed by atoms with Crippen molar-refractivity contribution in [2.75, 3.05) is 13.1 Å². The molecule has 1 unspecified atom stereocenters. The molecule has 1 fully saturated rings. The summed E-state index contributed by atoms with van der Waals surface area (Å²) in [6, 6.07) is 0. The minimum absolute atomic E-state index is 0.0209. The lowest BCUT2D eigenvalue weighted by atomic mass is 10.0. The zero-order valence-corrected chi connectivity index (χ0v) is 8.43. The van der Waals surface area contributed by atoms with Crippen LogP contribution in [0.3, 0.4) is 0 Å². The van der Waals surface area contributed by atoms with Gasteiger partial charge in [-0.3, -0.25) is 4.79 Å². The normalized spacial score (nSPS) is 25.7. The molecular weight excluding hydrogens is 216 g/mol. The van der Waals surface area contributed by atoms with Crippen molar-refractivity contribution in [3.63, 3.8) is 0 Å². The number of carbonyl (C=O) groups is 1. The van der Waals surface area contributed by atoms with Crippen LogP contribution >= 0.6 is 0 Å². The number of Topliss-reactive ketones (excluding diaryl/α,β-unsaturated/α-hetero) is 1. The fraction of sp³-hybridized carbons (Fsp3) is 0.857. The van der Waals surface area contributed by atoms with E-state index in [9.17, 15) is 22.0 Å². The van der Waals surface area contributed by atoms with Gasteiger partial charge in [-0.25, -0.2) is 8.42 Å². The molecule has 82 valence electrons. The zero-order chi connectivity index (χ0) is 10.9. The third-order valence-electron chi connectivity index (χ3n) is 2.22. The van der Waals surface area contributed by atoms with Crippen molar-refractivity contribution >= 4 is 15.8 Å². The van der Waals surface area contributed by atoms with Gasteiger partial charge in [0.25, 0.3) is 10.0 Å². The Morgan fingerprint density at radius 3 is 2.50 bits per heavy atom. The van der Waals surface area contributed by atoms with Gasteiger partial charge in [0.1, 0.15) is 5.78 Å². The number of nitrogens with zero attached hydrogens (tertiary/aromatic N) is 1. The lowest BCUT2D eigenvalue weighted by Crippen LogP contribution is -2.45. The molecule has 0 N–H and O–H groups in total. The Morgan fingerprint density at radius 1 is 1.50 bits per heavy atom. The van der Waals surface area contributed by atoms with Crippen molar-refractivity contribution in [3.05, 3.63) is 0 Å². The molecular formula is C7H11F2NO3S. The van der Waals surface area contributed by atoms with E-state index >= 15 is 0 Å². The highest BCUT2D eigenvalue weighted by atomic mass is 32.2. The number of ketones is 1. The SMILES string of the molecule is CC1CN(S(=O)(=O)C(F)F)CCC1=O. The van der Waals surface area contributed by atoms with Gasteiger partial charge in [-0.05, 0) is 0 Å². The van der Waals surface area contributed by atoms with Crippen LogP contribution < -0.4 is 0 Å². The first-order valence-corrected chi connectivity index (χ1v) is 5.66. The fourth-order valence-corrected chi connectivity index (χ4v) is 2.33. The summed E-state index contributed by atoms with van der Waals surface area (Å²) in [5, 5.41) is 0. The predicted octanol–water partition coefficient (Wildman–Crippen LogP) is 0.450. The van der Waals surface area contributed by atoms with Crippen LogP contribution in [0.2, 0.25) is 0 Å². The first kappa shape index (κ1) is 11.5. The summed E-state index contributed by atoms with van der Waals surface area (Å²) in [5.41, 5.74) is 0. The van der Waals surface area contributed by atoms with Gasteiger partial charge in [0, 0.05) is 25.4 Å². The van der Waals surface area contributed by atoms with Crippen LogP contribution in [-0.4, -0.2) is 37.4 Å². The molecule has 1 aliphatic heterocycles. The summed E-state index contributed by atoms with van der Waals surface area (Å²) < 4.78 is 46.9. The Bertz CT molecular complexity index is 328. The Kier molecular flexibility index (Phi) is 3.20. The summed E-state index contributed by atoms with van der Waals surface area (Å²) in [7, 11) is -4.51. The number of rotatable bonds is 2. The maximum Gasteiger partial charge on any atom is 0.350 e. The van der Waals surface area contributed by atoms with E-state index in [2.05, 4.69) is 0 Å². The molecule has 0 aromatic heterocycles. The van der Waals surface area contributed by atoms with E-state index in [1.165, 1.54) is 6.92 Å². The minimum atomic E-state index is -4.51. The van der Waals surface area contributed by atoms with Crippen molar-refractivity contribution in [2.24, 2.45) is 5.92 Å². The average Bonchev–Trinajstić information content (AvgIpc) is 2.09. The summed E-state index contributed by atoms with van der Waals surface area (Å²) in [6.45, 7) is 1.27. The van der Waals surface area contributed by atoms with Gasteiger partial charge in [0.2, 0.25) is 0 Å². The van der Waals surface area contributed by atoms with Crippen LogP contribution in [0.25, 0.3) is 0 Å². The average molecular weight is 227 g/mol. The number of hydrogen-bond donors (Lipinski definition) is 0. The Hall–Kier alpha value is -0.560. The van der Waals surface area contributed by atoms with Gasteiger partial charge in [-0.15, -0.1) is 0 Å². The summed E-state index contributed by atoms with van der Waals surface area (Å²) in [6.07, 6.45) is 0.0209. The molecule has 1 rings (SSSR count). The second-order valence-corrected chi connectivity index (χ2v) is 5.18. The second-order valence-electron chi connectivity index (χ2n) is 3.28. The maximum absolute atomic E-state index is 12.1. The molecule has 0 radical (unpaired) electrons. The van der Waals surface area contributed by atoms with Gasteiger partial charge < -0.3 is 0 Å². The van der Waals surface area contributed by atoms with E-state index in [0.717, 1.165) is 0 Å². The predicted molar refractivity (Wildman–Crippen MR) is 45.3 cm³/mol. The van der Waals surface area contributed by atoms with Gasteiger partial charge in [0.15, 0.2) is 0 Å². The van der Waals surface area contributed by atoms with Gasteiger partial charge in [-0.2, -0.15) is 13.1 Å². The lowest BCUT2D eigenvalue weighted by Gasteiger charge is -2.28. The molecule has 14 heavy (non-hydrogen) atoms. The third kappa shape index (κ3) is 2.09.